The Morgan fingerprint density at radius 1 is 1.00 bits per heavy atom. The van der Waals surface area contributed by atoms with Gasteiger partial charge in [-0.3, -0.25) is 4.79 Å². The Balaban J connectivity index is 2.26. The molecule has 164 valence electrons. The average molecular weight is 450 g/mol. The molecule has 0 aliphatic carbocycles. The number of carbonyl (C=O) groups is 3. The monoisotopic (exact) mass is 449 g/mol. The molecule has 0 atom stereocenters. The van der Waals surface area contributed by atoms with Gasteiger partial charge in [0.1, 0.15) is 0 Å². The molecule has 0 fully saturated rings. The van der Waals surface area contributed by atoms with Crippen molar-refractivity contribution in [2.24, 2.45) is 5.73 Å². The second kappa shape index (κ2) is 10.9. The third-order valence-electron chi connectivity index (χ3n) is 3.83. The van der Waals surface area contributed by atoms with E-state index in [1.54, 1.807) is 12.1 Å². The number of esters is 2. The zero-order valence-electron chi connectivity index (χ0n) is 17.0. The number of benzene rings is 2. The second-order valence-electron chi connectivity index (χ2n) is 5.90. The van der Waals surface area contributed by atoms with E-state index in [1.165, 1.54) is 51.7 Å². The van der Waals surface area contributed by atoms with Crippen LogP contribution in [0.25, 0.3) is 6.08 Å². The van der Waals surface area contributed by atoms with Gasteiger partial charge in [0.25, 0.3) is 5.91 Å². The molecule has 2 rings (SSSR count). The molecule has 0 aromatic heterocycles. The molecule has 0 spiro atoms. The summed E-state index contributed by atoms with van der Waals surface area (Å²) >= 11 is 6.16. The maximum Gasteiger partial charge on any atom is 0.343 e. The minimum atomic E-state index is -0.738. The molecule has 2 aromatic carbocycles. The topological polar surface area (TPSA) is 123 Å². The number of amides is 1. The molecule has 10 heteroatoms. The standard InChI is InChI=1S/C21H20ClNO8/c1-27-16-8-12(5-7-19(25)29-3)4-6-15(16)31-21(26)13-9-14(22)20(17(10-13)28-2)30-11-18(23)24/h4-10H,11H2,1-3H3,(H2,23,24)/b7-5+. The van der Waals surface area contributed by atoms with Gasteiger partial charge in [0, 0.05) is 6.08 Å². The van der Waals surface area contributed by atoms with Crippen molar-refractivity contribution in [3.8, 4) is 23.0 Å². The van der Waals surface area contributed by atoms with Gasteiger partial charge < -0.3 is 29.4 Å². The van der Waals surface area contributed by atoms with Gasteiger partial charge in [-0.2, -0.15) is 0 Å². The van der Waals surface area contributed by atoms with Gasteiger partial charge in [0.05, 0.1) is 31.9 Å². The lowest BCUT2D eigenvalue weighted by atomic mass is 10.1. The number of halogens is 1. The summed E-state index contributed by atoms with van der Waals surface area (Å²) in [4.78, 5) is 34.8. The highest BCUT2D eigenvalue weighted by Gasteiger charge is 2.19. The van der Waals surface area contributed by atoms with Crippen molar-refractivity contribution in [2.75, 3.05) is 27.9 Å². The smallest absolute Gasteiger partial charge is 0.343 e. The Hall–Kier alpha value is -3.72. The van der Waals surface area contributed by atoms with E-state index in [0.717, 1.165) is 0 Å². The van der Waals surface area contributed by atoms with E-state index in [2.05, 4.69) is 4.74 Å². The van der Waals surface area contributed by atoms with Crippen molar-refractivity contribution < 1.29 is 38.1 Å². The van der Waals surface area contributed by atoms with Crippen molar-refractivity contribution in [1.29, 1.82) is 0 Å². The molecule has 0 heterocycles. The third-order valence-corrected chi connectivity index (χ3v) is 4.11. The lowest BCUT2D eigenvalue weighted by Crippen LogP contribution is -2.20. The van der Waals surface area contributed by atoms with Gasteiger partial charge in [-0.05, 0) is 35.9 Å². The molecule has 2 N–H and O–H groups in total. The maximum atomic E-state index is 12.6. The molecule has 0 bridgehead atoms. The van der Waals surface area contributed by atoms with Crippen LogP contribution >= 0.6 is 11.6 Å². The molecule has 0 radical (unpaired) electrons. The Bertz CT molecular complexity index is 1020. The lowest BCUT2D eigenvalue weighted by molar-refractivity contribution is -0.134. The number of hydrogen-bond acceptors (Lipinski definition) is 8. The first-order chi connectivity index (χ1) is 14.8. The highest BCUT2D eigenvalue weighted by Crippen LogP contribution is 2.37. The summed E-state index contributed by atoms with van der Waals surface area (Å²) in [6, 6.07) is 7.37. The summed E-state index contributed by atoms with van der Waals surface area (Å²) in [5, 5.41) is 0.0304. The van der Waals surface area contributed by atoms with E-state index in [0.29, 0.717) is 5.56 Å². The third kappa shape index (κ3) is 6.38. The molecule has 31 heavy (non-hydrogen) atoms. The van der Waals surface area contributed by atoms with Crippen LogP contribution in [0.2, 0.25) is 5.02 Å². The van der Waals surface area contributed by atoms with Crippen molar-refractivity contribution in [1.82, 2.24) is 0 Å². The van der Waals surface area contributed by atoms with Crippen LogP contribution in [0.1, 0.15) is 15.9 Å². The quantitative estimate of drug-likeness (QED) is 0.352. The minimum absolute atomic E-state index is 0.0304. The lowest BCUT2D eigenvalue weighted by Gasteiger charge is -2.14. The fraction of sp³-hybridized carbons (Fsp3) is 0.190. The predicted octanol–water partition coefficient (Wildman–Crippen LogP) is 2.63. The zero-order valence-corrected chi connectivity index (χ0v) is 17.7. The van der Waals surface area contributed by atoms with Gasteiger partial charge in [0.2, 0.25) is 0 Å². The minimum Gasteiger partial charge on any atom is -0.493 e. The van der Waals surface area contributed by atoms with E-state index >= 15 is 0 Å². The number of hydrogen-bond donors (Lipinski definition) is 1. The molecular weight excluding hydrogens is 430 g/mol. The molecule has 2 aromatic rings. The first kappa shape index (κ1) is 23.6. The van der Waals surface area contributed by atoms with Crippen molar-refractivity contribution in [3.05, 3.63) is 52.6 Å². The number of ether oxygens (including phenoxy) is 5. The average Bonchev–Trinajstić information content (AvgIpc) is 2.76. The molecule has 1 amide bonds. The van der Waals surface area contributed by atoms with Gasteiger partial charge >= 0.3 is 11.9 Å². The number of primary amides is 1. The van der Waals surface area contributed by atoms with E-state index in [1.807, 2.05) is 0 Å². The van der Waals surface area contributed by atoms with E-state index in [9.17, 15) is 14.4 Å². The van der Waals surface area contributed by atoms with Crippen LogP contribution in [0, 0.1) is 0 Å². The fourth-order valence-electron chi connectivity index (χ4n) is 2.38. The Morgan fingerprint density at radius 3 is 2.32 bits per heavy atom. The van der Waals surface area contributed by atoms with Crippen LogP contribution in [0.3, 0.4) is 0 Å². The van der Waals surface area contributed by atoms with Gasteiger partial charge in [-0.1, -0.05) is 17.7 Å². The van der Waals surface area contributed by atoms with E-state index in [-0.39, 0.29) is 33.6 Å². The van der Waals surface area contributed by atoms with E-state index < -0.39 is 24.5 Å². The maximum absolute atomic E-state index is 12.6. The van der Waals surface area contributed by atoms with E-state index in [4.69, 9.17) is 36.3 Å². The zero-order chi connectivity index (χ0) is 23.0. The molecule has 9 nitrogen and oxygen atoms in total. The summed E-state index contributed by atoms with van der Waals surface area (Å²) < 4.78 is 25.6. The van der Waals surface area contributed by atoms with Crippen LogP contribution in [-0.2, 0) is 14.3 Å². The Kier molecular flexibility index (Phi) is 8.27. The largest absolute Gasteiger partial charge is 0.493 e. The molecule has 0 aliphatic rings. The van der Waals surface area contributed by atoms with Crippen LogP contribution in [0.4, 0.5) is 0 Å². The van der Waals surface area contributed by atoms with Gasteiger partial charge in [-0.15, -0.1) is 0 Å². The highest BCUT2D eigenvalue weighted by molar-refractivity contribution is 6.32. The summed E-state index contributed by atoms with van der Waals surface area (Å²) in [5.74, 6) is -1.35. The number of methoxy groups -OCH3 is 3. The highest BCUT2D eigenvalue weighted by atomic mass is 35.5. The van der Waals surface area contributed by atoms with Crippen LogP contribution < -0.4 is 24.7 Å². The van der Waals surface area contributed by atoms with Crippen LogP contribution in [-0.4, -0.2) is 45.8 Å². The first-order valence-electron chi connectivity index (χ1n) is 8.74. The summed E-state index contributed by atoms with van der Waals surface area (Å²) in [5.41, 5.74) is 5.77. The second-order valence-corrected chi connectivity index (χ2v) is 6.31. The van der Waals surface area contributed by atoms with Crippen LogP contribution in [0.15, 0.2) is 36.4 Å². The van der Waals surface area contributed by atoms with Crippen molar-refractivity contribution in [3.63, 3.8) is 0 Å². The fourth-order valence-corrected chi connectivity index (χ4v) is 2.65. The number of nitrogens with two attached hydrogens (primary N) is 1. The Morgan fingerprint density at radius 2 is 1.71 bits per heavy atom. The number of rotatable bonds is 9. The molecular formula is C21H20ClNO8. The first-order valence-corrected chi connectivity index (χ1v) is 9.11. The van der Waals surface area contributed by atoms with Crippen molar-refractivity contribution >= 4 is 35.5 Å². The SMILES string of the molecule is COC(=O)/C=C/c1ccc(OC(=O)c2cc(Cl)c(OCC(N)=O)c(OC)c2)c(OC)c1. The normalized spacial score (nSPS) is 10.5. The molecule has 0 saturated carbocycles. The molecule has 0 saturated heterocycles. The van der Waals surface area contributed by atoms with Crippen molar-refractivity contribution in [2.45, 2.75) is 0 Å². The predicted molar refractivity (Wildman–Crippen MR) is 112 cm³/mol. The summed E-state index contributed by atoms with van der Waals surface area (Å²) in [7, 11) is 4.03. The molecule has 0 aliphatic heterocycles. The molecule has 0 unspecified atom stereocenters. The van der Waals surface area contributed by atoms with Crippen LogP contribution in [0.5, 0.6) is 23.0 Å². The summed E-state index contributed by atoms with van der Waals surface area (Å²) in [6.07, 6.45) is 2.77. The Labute approximate surface area is 183 Å². The summed E-state index contributed by atoms with van der Waals surface area (Å²) in [6.45, 7) is -0.409. The van der Waals surface area contributed by atoms with Gasteiger partial charge in [0.15, 0.2) is 29.6 Å². The number of carbonyl (C=O) groups excluding carboxylic acids is 3. The van der Waals surface area contributed by atoms with Gasteiger partial charge in [-0.25, -0.2) is 9.59 Å².